The fourth-order valence-electron chi connectivity index (χ4n) is 5.31. The molecule has 1 heterocycles. The number of carbonyl (C=O) groups is 1. The molecule has 4 aromatic carbocycles. The number of rotatable bonds is 10. The van der Waals surface area contributed by atoms with Crippen molar-refractivity contribution in [3.05, 3.63) is 130 Å². The Bertz CT molecular complexity index is 1690. The minimum absolute atomic E-state index is 0.00635. The van der Waals surface area contributed by atoms with E-state index >= 15 is 0 Å². The number of aliphatic hydroxyl groups is 2. The number of carbonyl (C=O) groups excluding carboxylic acids is 1. The Balaban J connectivity index is 1.32. The van der Waals surface area contributed by atoms with Crippen LogP contribution in [0.2, 0.25) is 0 Å². The average Bonchev–Trinajstić information content (AvgIpc) is 3.06. The van der Waals surface area contributed by atoms with Crippen molar-refractivity contribution in [2.24, 2.45) is 0 Å². The van der Waals surface area contributed by atoms with E-state index in [1.165, 1.54) is 36.4 Å². The highest BCUT2D eigenvalue weighted by Gasteiger charge is 2.34. The van der Waals surface area contributed by atoms with Crippen LogP contribution in [0.4, 0.5) is 27.6 Å². The van der Waals surface area contributed by atoms with Crippen LogP contribution >= 0.6 is 0 Å². The zero-order chi connectivity index (χ0) is 33.8. The van der Waals surface area contributed by atoms with Crippen molar-refractivity contribution in [3.63, 3.8) is 0 Å². The van der Waals surface area contributed by atoms with E-state index in [-0.39, 0.29) is 24.6 Å². The molecule has 1 saturated heterocycles. The lowest BCUT2D eigenvalue weighted by atomic mass is 9.99. The molecule has 1 fully saturated rings. The standard InChI is InChI=1S/C34H31F5N2O6/c1-41(16-25(44)21-3-2-4-23(43)13-21)15-24-14-26(19-7-5-18(17-42)6-8-19)47-34(46-24)20-9-11-22(12-10-20)40-33(45)27-28(35)30(37)32(39)31(38)29(27)36/h2-13,24-26,34,42-44H,14-17H2,1H3,(H,40,45)/t24-,25-,26+,34+/m1/s1. The van der Waals surface area contributed by atoms with Gasteiger partial charge in [-0.25, -0.2) is 22.0 Å². The van der Waals surface area contributed by atoms with Crippen LogP contribution < -0.4 is 5.32 Å². The molecular formula is C34H31F5N2O6. The van der Waals surface area contributed by atoms with Crippen LogP contribution in [0.5, 0.6) is 5.75 Å². The second-order valence-corrected chi connectivity index (χ2v) is 11.2. The van der Waals surface area contributed by atoms with Gasteiger partial charge in [-0.2, -0.15) is 0 Å². The van der Waals surface area contributed by atoms with E-state index in [9.17, 15) is 42.1 Å². The number of hydrogen-bond acceptors (Lipinski definition) is 7. The number of aliphatic hydroxyl groups excluding tert-OH is 2. The lowest BCUT2D eigenvalue weighted by molar-refractivity contribution is -0.252. The maximum absolute atomic E-state index is 14.1. The normalized spacial score (nSPS) is 18.7. The number of aromatic hydroxyl groups is 1. The highest BCUT2D eigenvalue weighted by molar-refractivity contribution is 6.04. The van der Waals surface area contributed by atoms with E-state index in [4.69, 9.17) is 9.47 Å². The summed E-state index contributed by atoms with van der Waals surface area (Å²) in [6.45, 7) is 0.499. The van der Waals surface area contributed by atoms with Gasteiger partial charge in [0.05, 0.1) is 24.9 Å². The predicted molar refractivity (Wildman–Crippen MR) is 160 cm³/mol. The number of likely N-dealkylation sites (N-methyl/N-ethyl adjacent to an activating group) is 1. The van der Waals surface area contributed by atoms with Gasteiger partial charge in [-0.3, -0.25) is 4.79 Å². The number of ether oxygens (including phenoxy) is 2. The van der Waals surface area contributed by atoms with Crippen LogP contribution in [0.3, 0.4) is 0 Å². The minimum Gasteiger partial charge on any atom is -0.508 e. The quantitative estimate of drug-likeness (QED) is 0.0934. The van der Waals surface area contributed by atoms with E-state index in [2.05, 4.69) is 5.32 Å². The third-order valence-corrected chi connectivity index (χ3v) is 7.75. The fraction of sp³-hybridized carbons (Fsp3) is 0.265. The maximum Gasteiger partial charge on any atom is 0.261 e. The van der Waals surface area contributed by atoms with Crippen LogP contribution in [0.15, 0.2) is 72.8 Å². The van der Waals surface area contributed by atoms with E-state index in [1.54, 1.807) is 24.3 Å². The van der Waals surface area contributed by atoms with Crippen molar-refractivity contribution in [2.45, 2.75) is 37.6 Å². The second kappa shape index (κ2) is 14.6. The molecule has 13 heteroatoms. The number of anilines is 1. The molecule has 1 amide bonds. The van der Waals surface area contributed by atoms with Gasteiger partial charge in [0, 0.05) is 30.8 Å². The highest BCUT2D eigenvalue weighted by atomic mass is 19.2. The van der Waals surface area contributed by atoms with Gasteiger partial charge >= 0.3 is 0 Å². The van der Waals surface area contributed by atoms with Gasteiger partial charge in [0.15, 0.2) is 29.6 Å². The summed E-state index contributed by atoms with van der Waals surface area (Å²) in [5.74, 6) is -12.8. The molecular weight excluding hydrogens is 627 g/mol. The molecule has 47 heavy (non-hydrogen) atoms. The molecule has 0 spiro atoms. The molecule has 0 unspecified atom stereocenters. The number of phenolic OH excluding ortho intramolecular Hbond substituents is 1. The van der Waals surface area contributed by atoms with Gasteiger partial charge in [0.1, 0.15) is 11.3 Å². The summed E-state index contributed by atoms with van der Waals surface area (Å²) in [5.41, 5.74) is 1.00. The van der Waals surface area contributed by atoms with Crippen molar-refractivity contribution < 1.29 is 51.5 Å². The van der Waals surface area contributed by atoms with Crippen LogP contribution in [-0.4, -0.2) is 52.4 Å². The summed E-state index contributed by atoms with van der Waals surface area (Å²) in [6, 6.07) is 19.3. The fourth-order valence-corrected chi connectivity index (χ4v) is 5.31. The minimum atomic E-state index is -2.37. The Morgan fingerprint density at radius 2 is 1.51 bits per heavy atom. The monoisotopic (exact) mass is 658 g/mol. The lowest BCUT2D eigenvalue weighted by Gasteiger charge is -2.38. The summed E-state index contributed by atoms with van der Waals surface area (Å²) < 4.78 is 81.4. The molecule has 1 aliphatic heterocycles. The van der Waals surface area contributed by atoms with Crippen LogP contribution in [0.1, 0.15) is 57.5 Å². The molecule has 8 nitrogen and oxygen atoms in total. The third kappa shape index (κ3) is 7.77. The Hall–Kier alpha value is -4.40. The molecule has 248 valence electrons. The van der Waals surface area contributed by atoms with Crippen molar-refractivity contribution in [1.82, 2.24) is 4.90 Å². The molecule has 0 bridgehead atoms. The van der Waals surface area contributed by atoms with Gasteiger partial charge in [-0.1, -0.05) is 48.5 Å². The topological polar surface area (TPSA) is 111 Å². The van der Waals surface area contributed by atoms with Crippen molar-refractivity contribution in [2.75, 3.05) is 25.5 Å². The number of phenols is 1. The molecule has 0 radical (unpaired) electrons. The molecule has 0 saturated carbocycles. The maximum atomic E-state index is 14.1. The summed E-state index contributed by atoms with van der Waals surface area (Å²) >= 11 is 0. The van der Waals surface area contributed by atoms with Gasteiger partial charge in [-0.15, -0.1) is 0 Å². The first-order chi connectivity index (χ1) is 22.4. The summed E-state index contributed by atoms with van der Waals surface area (Å²) in [5, 5.41) is 32.1. The van der Waals surface area contributed by atoms with Gasteiger partial charge < -0.3 is 35.0 Å². The van der Waals surface area contributed by atoms with E-state index < -0.39 is 65.2 Å². The van der Waals surface area contributed by atoms with Crippen molar-refractivity contribution >= 4 is 11.6 Å². The van der Waals surface area contributed by atoms with Gasteiger partial charge in [0.2, 0.25) is 5.82 Å². The smallest absolute Gasteiger partial charge is 0.261 e. The van der Waals surface area contributed by atoms with Crippen LogP contribution in [0.25, 0.3) is 0 Å². The summed E-state index contributed by atoms with van der Waals surface area (Å²) in [4.78, 5) is 14.4. The van der Waals surface area contributed by atoms with Crippen molar-refractivity contribution in [1.29, 1.82) is 0 Å². The summed E-state index contributed by atoms with van der Waals surface area (Å²) in [6.07, 6.45) is -2.19. The highest BCUT2D eigenvalue weighted by Crippen LogP contribution is 2.38. The Morgan fingerprint density at radius 1 is 0.894 bits per heavy atom. The Morgan fingerprint density at radius 3 is 2.13 bits per heavy atom. The Kier molecular flexibility index (Phi) is 10.5. The molecule has 0 aliphatic carbocycles. The zero-order valence-electron chi connectivity index (χ0n) is 25.0. The number of halogens is 5. The first-order valence-electron chi connectivity index (χ1n) is 14.5. The van der Waals surface area contributed by atoms with Crippen LogP contribution in [-0.2, 0) is 16.1 Å². The Labute approximate surface area is 266 Å². The predicted octanol–water partition coefficient (Wildman–Crippen LogP) is 6.04. The number of amides is 1. The molecule has 4 atom stereocenters. The average molecular weight is 659 g/mol. The lowest BCUT2D eigenvalue weighted by Crippen LogP contribution is -2.39. The largest absolute Gasteiger partial charge is 0.508 e. The first kappa shape index (κ1) is 33.9. The molecule has 0 aromatic heterocycles. The van der Waals surface area contributed by atoms with Crippen molar-refractivity contribution in [3.8, 4) is 5.75 Å². The van der Waals surface area contributed by atoms with E-state index in [0.29, 0.717) is 24.1 Å². The third-order valence-electron chi connectivity index (χ3n) is 7.75. The summed E-state index contributed by atoms with van der Waals surface area (Å²) in [7, 11) is 1.81. The molecule has 5 rings (SSSR count). The number of hydrogen-bond donors (Lipinski definition) is 4. The van der Waals surface area contributed by atoms with Gasteiger partial charge in [0.25, 0.3) is 5.91 Å². The molecule has 4 N–H and O–H groups in total. The van der Waals surface area contributed by atoms with Crippen LogP contribution in [0, 0.1) is 29.1 Å². The zero-order valence-corrected chi connectivity index (χ0v) is 25.0. The molecule has 4 aromatic rings. The first-order valence-corrected chi connectivity index (χ1v) is 14.5. The van der Waals surface area contributed by atoms with Gasteiger partial charge in [-0.05, 0) is 48.0 Å². The second-order valence-electron chi connectivity index (χ2n) is 11.2. The van der Waals surface area contributed by atoms with E-state index in [0.717, 1.165) is 11.1 Å². The number of nitrogens with one attached hydrogen (secondary N) is 1. The SMILES string of the molecule is CN(C[C@H]1C[C@@H](c2ccc(CO)cc2)O[C@@H](c2ccc(NC(=O)c3c(F)c(F)c(F)c(F)c3F)cc2)O1)C[C@@H](O)c1cccc(O)c1. The number of nitrogens with zero attached hydrogens (tertiary/aromatic N) is 1. The van der Waals surface area contributed by atoms with E-state index in [1.807, 2.05) is 24.1 Å². The number of benzene rings is 4. The molecule has 1 aliphatic rings.